The van der Waals surface area contributed by atoms with Crippen LogP contribution in [0.25, 0.3) is 0 Å². The summed E-state index contributed by atoms with van der Waals surface area (Å²) in [6, 6.07) is 1.48. The van der Waals surface area contributed by atoms with Gasteiger partial charge >= 0.3 is 0 Å². The Morgan fingerprint density at radius 2 is 2.23 bits per heavy atom. The Morgan fingerprint density at radius 3 is 2.54 bits per heavy atom. The maximum Gasteiger partial charge on any atom is 0.173 e. The highest BCUT2D eigenvalue weighted by Crippen LogP contribution is 2.28. The minimum atomic E-state index is -1.23. The molecule has 1 rings (SSSR count). The lowest BCUT2D eigenvalue weighted by Gasteiger charge is -2.35. The lowest BCUT2D eigenvalue weighted by Crippen LogP contribution is -2.51. The van der Waals surface area contributed by atoms with E-state index in [0.717, 1.165) is 13.0 Å². The van der Waals surface area contributed by atoms with Crippen LogP contribution in [0, 0.1) is 0 Å². The van der Waals surface area contributed by atoms with Crippen molar-refractivity contribution in [2.75, 3.05) is 6.54 Å². The molecule has 76 valence electrons. The Balaban J connectivity index is 2.74. The summed E-state index contributed by atoms with van der Waals surface area (Å²) in [6.07, 6.45) is 2.21. The van der Waals surface area contributed by atoms with Gasteiger partial charge in [0.2, 0.25) is 0 Å². The molecule has 0 amide bonds. The Morgan fingerprint density at radius 1 is 1.62 bits per heavy atom. The second-order valence-corrected chi connectivity index (χ2v) is 9.49. The molecule has 1 heterocycles. The molecule has 0 radical (unpaired) electrons. The predicted molar refractivity (Wildman–Crippen MR) is 62.9 cm³/mol. The number of aliphatic hydroxyl groups is 1. The highest BCUT2D eigenvalue weighted by atomic mass is 32.1. The second kappa shape index (κ2) is 4.07. The zero-order valence-electron chi connectivity index (χ0n) is 8.71. The van der Waals surface area contributed by atoms with Crippen molar-refractivity contribution in [3.05, 3.63) is 0 Å². The van der Waals surface area contributed by atoms with Crippen molar-refractivity contribution in [2.24, 2.45) is 0 Å². The first-order valence-electron chi connectivity index (χ1n) is 4.98. The van der Waals surface area contributed by atoms with Gasteiger partial charge in [0, 0.05) is 0 Å². The summed E-state index contributed by atoms with van der Waals surface area (Å²) in [5.41, 5.74) is 0. The van der Waals surface area contributed by atoms with E-state index in [-0.39, 0.29) is 11.1 Å². The van der Waals surface area contributed by atoms with Crippen molar-refractivity contribution in [2.45, 2.75) is 44.9 Å². The monoisotopic (exact) mass is 217 g/mol. The van der Waals surface area contributed by atoms with Crippen molar-refractivity contribution < 1.29 is 5.11 Å². The second-order valence-electron chi connectivity index (χ2n) is 4.37. The summed E-state index contributed by atoms with van der Waals surface area (Å²) < 4.78 is 2.47. The van der Waals surface area contributed by atoms with Gasteiger partial charge in [-0.15, -0.1) is 0 Å². The third-order valence-electron chi connectivity index (χ3n) is 3.01. The van der Waals surface area contributed by atoms with E-state index in [2.05, 4.69) is 24.6 Å². The molecule has 0 aromatic heterocycles. The van der Waals surface area contributed by atoms with Gasteiger partial charge in [0.1, 0.15) is 8.24 Å². The summed E-state index contributed by atoms with van der Waals surface area (Å²) in [5, 5.41) is 9.60. The summed E-state index contributed by atoms with van der Waals surface area (Å²) in [4.78, 5) is 0. The number of nitrogens with zero attached hydrogens (tertiary/aromatic N) is 1. The van der Waals surface area contributed by atoms with Crippen LogP contribution >= 0.6 is 12.2 Å². The molecule has 1 aliphatic heterocycles. The first-order valence-corrected chi connectivity index (χ1v) is 8.55. The summed E-state index contributed by atoms with van der Waals surface area (Å²) in [6.45, 7) is 7.94. The summed E-state index contributed by atoms with van der Waals surface area (Å²) >= 11 is 4.89. The Hall–Kier alpha value is 0.0669. The Labute approximate surface area is 87.0 Å². The highest BCUT2D eigenvalue weighted by molar-refractivity contribution is 7.80. The van der Waals surface area contributed by atoms with Gasteiger partial charge in [0.05, 0.1) is 6.04 Å². The van der Waals surface area contributed by atoms with Crippen LogP contribution in [-0.4, -0.2) is 35.5 Å². The van der Waals surface area contributed by atoms with E-state index in [0.29, 0.717) is 0 Å². The molecule has 13 heavy (non-hydrogen) atoms. The quantitative estimate of drug-likeness (QED) is 0.580. The van der Waals surface area contributed by atoms with Crippen LogP contribution < -0.4 is 0 Å². The van der Waals surface area contributed by atoms with E-state index >= 15 is 0 Å². The van der Waals surface area contributed by atoms with E-state index in [9.17, 15) is 5.11 Å². The molecule has 1 unspecified atom stereocenters. The fourth-order valence-electron chi connectivity index (χ4n) is 2.23. The molecule has 0 bridgehead atoms. The molecule has 0 aromatic rings. The number of hydrogen-bond acceptors (Lipinski definition) is 2. The predicted octanol–water partition coefficient (Wildman–Crippen LogP) is 2.56. The van der Waals surface area contributed by atoms with Gasteiger partial charge in [-0.3, -0.25) is 0 Å². The van der Waals surface area contributed by atoms with Gasteiger partial charge in [-0.2, -0.15) is 0 Å². The molecule has 0 spiro atoms. The summed E-state index contributed by atoms with van der Waals surface area (Å²) in [7, 11) is -1.23. The van der Waals surface area contributed by atoms with E-state index in [1.165, 1.54) is 12.5 Å². The Bertz CT molecular complexity index is 208. The normalized spacial score (nSPS) is 24.5. The third kappa shape index (κ3) is 2.30. The zero-order valence-corrected chi connectivity index (χ0v) is 10.5. The highest BCUT2D eigenvalue weighted by Gasteiger charge is 2.39. The van der Waals surface area contributed by atoms with Crippen molar-refractivity contribution in [3.8, 4) is 0 Å². The molecule has 0 saturated carbocycles. The average Bonchev–Trinajstić information content (AvgIpc) is 2.32. The largest absolute Gasteiger partial charge is 0.501 e. The number of rotatable bonds is 3. The van der Waals surface area contributed by atoms with E-state index < -0.39 is 8.24 Å². The molecule has 1 fully saturated rings. The lowest BCUT2D eigenvalue weighted by molar-refractivity contribution is 0.363. The molecule has 1 saturated heterocycles. The van der Waals surface area contributed by atoms with Crippen molar-refractivity contribution in [1.82, 2.24) is 4.57 Å². The molecule has 1 N–H and O–H groups in total. The van der Waals surface area contributed by atoms with Crippen molar-refractivity contribution in [3.63, 3.8) is 0 Å². The van der Waals surface area contributed by atoms with E-state index in [1.54, 1.807) is 0 Å². The van der Waals surface area contributed by atoms with Crippen molar-refractivity contribution >= 4 is 25.5 Å². The zero-order chi connectivity index (χ0) is 10.1. The van der Waals surface area contributed by atoms with Gasteiger partial charge in [-0.1, -0.05) is 20.0 Å². The summed E-state index contributed by atoms with van der Waals surface area (Å²) in [5.74, 6) is 0. The minimum absolute atomic E-state index is 0.138. The maximum absolute atomic E-state index is 9.42. The molecular weight excluding hydrogens is 198 g/mol. The maximum atomic E-state index is 9.42. The van der Waals surface area contributed by atoms with Crippen molar-refractivity contribution in [1.29, 1.82) is 0 Å². The number of aliphatic hydroxyl groups excluding tert-OH is 1. The van der Waals surface area contributed by atoms with Crippen LogP contribution in [-0.2, 0) is 0 Å². The Kier molecular flexibility index (Phi) is 3.48. The van der Waals surface area contributed by atoms with Crippen LogP contribution in [0.4, 0.5) is 0 Å². The molecule has 0 aromatic carbocycles. The number of thiocarbonyl (C=S) groups is 1. The lowest BCUT2D eigenvalue weighted by atomic mass is 10.2. The SMILES string of the molecule is CCC(C(O)=S)N1CCC[Si]1(C)C. The van der Waals surface area contributed by atoms with E-state index in [4.69, 9.17) is 12.2 Å². The molecule has 2 nitrogen and oxygen atoms in total. The third-order valence-corrected chi connectivity index (χ3v) is 6.95. The smallest absolute Gasteiger partial charge is 0.173 e. The van der Waals surface area contributed by atoms with Gasteiger partial charge < -0.3 is 9.67 Å². The molecule has 1 aliphatic rings. The fourth-order valence-corrected chi connectivity index (χ4v) is 5.84. The minimum Gasteiger partial charge on any atom is -0.501 e. The average molecular weight is 217 g/mol. The van der Waals surface area contributed by atoms with Crippen LogP contribution in [0.15, 0.2) is 0 Å². The first-order chi connectivity index (χ1) is 5.99. The topological polar surface area (TPSA) is 23.5 Å². The fraction of sp³-hybridized carbons (Fsp3) is 0.889. The first kappa shape index (κ1) is 11.1. The van der Waals surface area contributed by atoms with E-state index in [1.807, 2.05) is 0 Å². The number of hydrogen-bond donors (Lipinski definition) is 1. The molecule has 1 atom stereocenters. The standard InChI is InChI=1S/C9H19NOSSi/c1-4-8(9(11)12)10-6-5-7-13(10,2)3/h8H,4-7H2,1-3H3,(H,11,12). The molecular formula is C9H19NOSSi. The molecule has 0 aliphatic carbocycles. The van der Waals surface area contributed by atoms with Gasteiger partial charge in [0.15, 0.2) is 5.05 Å². The van der Waals surface area contributed by atoms with Crippen LogP contribution in [0.2, 0.25) is 19.1 Å². The van der Waals surface area contributed by atoms with Gasteiger partial charge in [-0.05, 0) is 37.6 Å². The van der Waals surface area contributed by atoms with Gasteiger partial charge in [-0.25, -0.2) is 0 Å². The molecule has 4 heteroatoms. The van der Waals surface area contributed by atoms with Crippen LogP contribution in [0.1, 0.15) is 19.8 Å². The van der Waals surface area contributed by atoms with Crippen LogP contribution in [0.5, 0.6) is 0 Å². The van der Waals surface area contributed by atoms with Gasteiger partial charge in [0.25, 0.3) is 0 Å². The van der Waals surface area contributed by atoms with Crippen LogP contribution in [0.3, 0.4) is 0 Å².